The minimum absolute atomic E-state index is 0.0318. The van der Waals surface area contributed by atoms with Gasteiger partial charge in [-0.3, -0.25) is 10.1 Å². The van der Waals surface area contributed by atoms with Crippen molar-refractivity contribution in [1.82, 2.24) is 15.4 Å². The van der Waals surface area contributed by atoms with Crippen LogP contribution < -0.4 is 5.32 Å². The molecule has 3 rings (SSSR count). The number of benzene rings is 1. The number of rotatable bonds is 5. The molecule has 0 aliphatic heterocycles. The van der Waals surface area contributed by atoms with Gasteiger partial charge in [0.25, 0.3) is 5.91 Å². The zero-order valence-electron chi connectivity index (χ0n) is 13.4. The average Bonchev–Trinajstić information content (AvgIpc) is 3.24. The molecule has 0 saturated heterocycles. The Kier molecular flexibility index (Phi) is 4.64. The van der Waals surface area contributed by atoms with Gasteiger partial charge in [-0.15, -0.1) is 10.2 Å². The largest absolute Gasteiger partial charge is 0.355 e. The van der Waals surface area contributed by atoms with Crippen molar-refractivity contribution in [1.29, 1.82) is 0 Å². The van der Waals surface area contributed by atoms with Gasteiger partial charge in [-0.25, -0.2) is 8.42 Å². The summed E-state index contributed by atoms with van der Waals surface area (Å²) in [6.45, 7) is 3.37. The number of nitrogens with zero attached hydrogens (tertiary/aromatic N) is 3. The van der Waals surface area contributed by atoms with Gasteiger partial charge in [0.15, 0.2) is 21.3 Å². The molecule has 0 saturated carbocycles. The van der Waals surface area contributed by atoms with Crippen LogP contribution in [0.4, 0.5) is 5.13 Å². The molecule has 0 aliphatic carbocycles. The first kappa shape index (κ1) is 17.2. The van der Waals surface area contributed by atoms with Crippen molar-refractivity contribution in [3.05, 3.63) is 41.0 Å². The maximum atomic E-state index is 12.1. The van der Waals surface area contributed by atoms with Gasteiger partial charge in [0.1, 0.15) is 5.01 Å². The van der Waals surface area contributed by atoms with Crippen molar-refractivity contribution in [2.45, 2.75) is 18.7 Å². The molecule has 8 nitrogen and oxygen atoms in total. The molecule has 0 radical (unpaired) electrons. The zero-order valence-corrected chi connectivity index (χ0v) is 15.0. The number of carbonyl (C=O) groups is 1. The topological polar surface area (TPSA) is 115 Å². The second kappa shape index (κ2) is 6.73. The van der Waals surface area contributed by atoms with Crippen LogP contribution in [0, 0.1) is 6.92 Å². The summed E-state index contributed by atoms with van der Waals surface area (Å²) in [5.74, 6) is -0.0697. The minimum Gasteiger partial charge on any atom is -0.355 e. The van der Waals surface area contributed by atoms with E-state index in [0.717, 1.165) is 5.01 Å². The molecule has 0 fully saturated rings. The van der Waals surface area contributed by atoms with Gasteiger partial charge in [0.2, 0.25) is 5.13 Å². The second-order valence-electron chi connectivity index (χ2n) is 5.08. The van der Waals surface area contributed by atoms with Gasteiger partial charge in [-0.2, -0.15) is 0 Å². The molecule has 2 aromatic heterocycles. The third kappa shape index (κ3) is 3.74. The number of hydrogen-bond acceptors (Lipinski definition) is 8. The number of aryl methyl sites for hydroxylation is 1. The molecule has 130 valence electrons. The van der Waals surface area contributed by atoms with Crippen molar-refractivity contribution in [3.8, 4) is 11.3 Å². The third-order valence-corrected chi connectivity index (χ3v) is 5.87. The molecule has 10 heteroatoms. The Balaban J connectivity index is 1.78. The molecule has 0 bridgehead atoms. The fourth-order valence-corrected chi connectivity index (χ4v) is 3.49. The Morgan fingerprint density at radius 3 is 2.56 bits per heavy atom. The maximum absolute atomic E-state index is 12.1. The van der Waals surface area contributed by atoms with E-state index in [1.54, 1.807) is 26.0 Å². The fourth-order valence-electron chi connectivity index (χ4n) is 2.02. The predicted octanol–water partition coefficient (Wildman–Crippen LogP) is 2.55. The summed E-state index contributed by atoms with van der Waals surface area (Å²) in [5, 5.41) is 15.0. The lowest BCUT2D eigenvalue weighted by molar-refractivity contribution is 0.101. The number of nitrogens with one attached hydrogen (secondary N) is 1. The van der Waals surface area contributed by atoms with Crippen LogP contribution >= 0.6 is 11.3 Å². The zero-order chi connectivity index (χ0) is 18.0. The van der Waals surface area contributed by atoms with Crippen molar-refractivity contribution >= 4 is 32.2 Å². The van der Waals surface area contributed by atoms with Gasteiger partial charge in [-0.1, -0.05) is 23.4 Å². The normalized spacial score (nSPS) is 11.4. The molecular weight excluding hydrogens is 364 g/mol. The van der Waals surface area contributed by atoms with E-state index >= 15 is 0 Å². The minimum atomic E-state index is -3.26. The molecule has 3 aromatic rings. The Bertz CT molecular complexity index is 1010. The number of sulfone groups is 1. The van der Waals surface area contributed by atoms with E-state index in [0.29, 0.717) is 16.5 Å². The van der Waals surface area contributed by atoms with Gasteiger partial charge >= 0.3 is 0 Å². The molecular formula is C15H14N4O4S2. The van der Waals surface area contributed by atoms with Crippen molar-refractivity contribution < 1.29 is 17.7 Å². The Hall–Kier alpha value is -2.59. The molecule has 0 unspecified atom stereocenters. The second-order valence-corrected chi connectivity index (χ2v) is 8.54. The predicted molar refractivity (Wildman–Crippen MR) is 92.3 cm³/mol. The van der Waals surface area contributed by atoms with E-state index in [4.69, 9.17) is 4.52 Å². The molecule has 1 aromatic carbocycles. The lowest BCUT2D eigenvalue weighted by Crippen LogP contribution is -2.11. The fraction of sp³-hybridized carbons (Fsp3) is 0.200. The number of anilines is 1. The first-order valence-electron chi connectivity index (χ1n) is 7.30. The summed E-state index contributed by atoms with van der Waals surface area (Å²) >= 11 is 1.25. The monoisotopic (exact) mass is 378 g/mol. The van der Waals surface area contributed by atoms with E-state index in [2.05, 4.69) is 20.7 Å². The van der Waals surface area contributed by atoms with Gasteiger partial charge in [0.05, 0.1) is 10.6 Å². The number of aromatic nitrogens is 3. The van der Waals surface area contributed by atoms with E-state index in [1.807, 2.05) is 0 Å². The number of carbonyl (C=O) groups excluding carboxylic acids is 1. The van der Waals surface area contributed by atoms with Crippen LogP contribution in [0.25, 0.3) is 11.3 Å². The SMILES string of the molecule is CCS(=O)(=O)c1ccc(-c2cc(C(=O)Nc3nnc(C)s3)no2)cc1. The lowest BCUT2D eigenvalue weighted by Gasteiger charge is -2.01. The lowest BCUT2D eigenvalue weighted by atomic mass is 10.1. The van der Waals surface area contributed by atoms with E-state index in [-0.39, 0.29) is 16.3 Å². The molecule has 1 N–H and O–H groups in total. The van der Waals surface area contributed by atoms with Crippen molar-refractivity contribution in [2.75, 3.05) is 11.1 Å². The first-order chi connectivity index (χ1) is 11.9. The molecule has 1 amide bonds. The van der Waals surface area contributed by atoms with Crippen LogP contribution in [0.2, 0.25) is 0 Å². The Labute approximate surface area is 147 Å². The standard InChI is InChI=1S/C15H14N4O4S2/c1-3-25(21,22)11-6-4-10(5-7-11)13-8-12(19-23-13)14(20)16-15-18-17-9(2)24-15/h4-8H,3H2,1-2H3,(H,16,18,20). The van der Waals surface area contributed by atoms with E-state index in [1.165, 1.54) is 29.5 Å². The third-order valence-electron chi connectivity index (χ3n) is 3.37. The molecule has 0 atom stereocenters. The molecule has 0 aliphatic rings. The quantitative estimate of drug-likeness (QED) is 0.725. The van der Waals surface area contributed by atoms with Crippen LogP contribution in [0.5, 0.6) is 0 Å². The Morgan fingerprint density at radius 2 is 1.96 bits per heavy atom. The van der Waals surface area contributed by atoms with Crippen molar-refractivity contribution in [2.24, 2.45) is 0 Å². The first-order valence-corrected chi connectivity index (χ1v) is 9.77. The average molecular weight is 378 g/mol. The van der Waals surface area contributed by atoms with Gasteiger partial charge in [0, 0.05) is 11.6 Å². The number of hydrogen-bond donors (Lipinski definition) is 1. The smallest absolute Gasteiger partial charge is 0.279 e. The summed E-state index contributed by atoms with van der Waals surface area (Å²) in [6, 6.07) is 7.70. The van der Waals surface area contributed by atoms with Crippen LogP contribution in [0.15, 0.2) is 39.8 Å². The van der Waals surface area contributed by atoms with E-state index < -0.39 is 15.7 Å². The van der Waals surface area contributed by atoms with Gasteiger partial charge in [-0.05, 0) is 31.2 Å². The highest BCUT2D eigenvalue weighted by Gasteiger charge is 2.16. The number of amides is 1. The van der Waals surface area contributed by atoms with Crippen molar-refractivity contribution in [3.63, 3.8) is 0 Å². The highest BCUT2D eigenvalue weighted by molar-refractivity contribution is 7.91. The Morgan fingerprint density at radius 1 is 1.24 bits per heavy atom. The van der Waals surface area contributed by atoms with Crippen LogP contribution in [-0.2, 0) is 9.84 Å². The maximum Gasteiger partial charge on any atom is 0.279 e. The molecule has 2 heterocycles. The summed E-state index contributed by atoms with van der Waals surface area (Å²) in [4.78, 5) is 12.4. The van der Waals surface area contributed by atoms with Gasteiger partial charge < -0.3 is 4.52 Å². The van der Waals surface area contributed by atoms with Crippen LogP contribution in [-0.4, -0.2) is 35.4 Å². The van der Waals surface area contributed by atoms with E-state index in [9.17, 15) is 13.2 Å². The molecule has 25 heavy (non-hydrogen) atoms. The summed E-state index contributed by atoms with van der Waals surface area (Å²) in [6.07, 6.45) is 0. The van der Waals surface area contributed by atoms with Crippen LogP contribution in [0.1, 0.15) is 22.4 Å². The molecule has 0 spiro atoms. The summed E-state index contributed by atoms with van der Waals surface area (Å²) < 4.78 is 28.8. The van der Waals surface area contributed by atoms with Crippen LogP contribution in [0.3, 0.4) is 0 Å². The highest BCUT2D eigenvalue weighted by atomic mass is 32.2. The summed E-state index contributed by atoms with van der Waals surface area (Å²) in [7, 11) is -3.26. The highest BCUT2D eigenvalue weighted by Crippen LogP contribution is 2.23. The summed E-state index contributed by atoms with van der Waals surface area (Å²) in [5.41, 5.74) is 0.710.